The van der Waals surface area contributed by atoms with Gasteiger partial charge in [-0.1, -0.05) is 98.0 Å². The molecule has 1 atom stereocenters. The van der Waals surface area contributed by atoms with Gasteiger partial charge in [-0.2, -0.15) is 0 Å². The summed E-state index contributed by atoms with van der Waals surface area (Å²) in [4.78, 5) is 11.9. The molecule has 0 aliphatic heterocycles. The summed E-state index contributed by atoms with van der Waals surface area (Å²) >= 11 is 0. The van der Waals surface area contributed by atoms with Crippen LogP contribution in [0.15, 0.2) is 12.2 Å². The van der Waals surface area contributed by atoms with Crippen LogP contribution < -0.4 is 0 Å². The number of nitrogens with zero attached hydrogens (tertiary/aromatic N) is 1. The maximum atomic E-state index is 11.9. The third-order valence-corrected chi connectivity index (χ3v) is 6.61. The van der Waals surface area contributed by atoms with Crippen LogP contribution in [-0.4, -0.2) is 43.2 Å². The van der Waals surface area contributed by atoms with Crippen LogP contribution in [0.25, 0.3) is 0 Å². The van der Waals surface area contributed by atoms with Crippen LogP contribution in [0.3, 0.4) is 0 Å². The van der Waals surface area contributed by atoms with Gasteiger partial charge in [0, 0.05) is 5.57 Å². The topological polar surface area (TPSA) is 26.3 Å². The number of ether oxygens (including phenoxy) is 1. The van der Waals surface area contributed by atoms with Crippen LogP contribution in [0, 0.1) is 0 Å². The molecule has 184 valence electrons. The standard InChI is InChI=1S/C28H56NO2/c1-6-9-12-14-16-17-19-21-24-29(22-11-8-3,23-20-18-15-13-10-7-2)25-26-31-28(30)27(4)5/h4,6-26H2,1-3,5H3/q+1. The van der Waals surface area contributed by atoms with Crippen molar-refractivity contribution in [3.05, 3.63) is 12.2 Å². The van der Waals surface area contributed by atoms with Gasteiger partial charge in [0.25, 0.3) is 0 Å². The summed E-state index contributed by atoms with van der Waals surface area (Å²) in [7, 11) is 0. The van der Waals surface area contributed by atoms with E-state index in [1.807, 2.05) is 0 Å². The van der Waals surface area contributed by atoms with E-state index in [-0.39, 0.29) is 5.97 Å². The normalized spacial score (nSPS) is 13.2. The van der Waals surface area contributed by atoms with Crippen molar-refractivity contribution in [2.24, 2.45) is 0 Å². The molecule has 0 amide bonds. The molecule has 0 radical (unpaired) electrons. The fraction of sp³-hybridized carbons (Fsp3) is 0.893. The molecule has 0 saturated heterocycles. The van der Waals surface area contributed by atoms with Crippen molar-refractivity contribution in [1.29, 1.82) is 0 Å². The molecule has 0 heterocycles. The highest BCUT2D eigenvalue weighted by molar-refractivity contribution is 5.86. The first-order valence-electron chi connectivity index (χ1n) is 13.7. The first-order chi connectivity index (χ1) is 15.0. The molecule has 31 heavy (non-hydrogen) atoms. The van der Waals surface area contributed by atoms with Gasteiger partial charge in [0.15, 0.2) is 0 Å². The Bertz CT molecular complexity index is 435. The third-order valence-electron chi connectivity index (χ3n) is 6.61. The predicted octanol–water partition coefficient (Wildman–Crippen LogP) is 8.22. The van der Waals surface area contributed by atoms with E-state index in [0.29, 0.717) is 12.2 Å². The van der Waals surface area contributed by atoms with Gasteiger partial charge in [-0.05, 0) is 39.0 Å². The maximum absolute atomic E-state index is 11.9. The molecule has 0 rings (SSSR count). The van der Waals surface area contributed by atoms with Gasteiger partial charge in [0.05, 0.1) is 19.6 Å². The summed E-state index contributed by atoms with van der Waals surface area (Å²) in [6.07, 6.45) is 21.5. The van der Waals surface area contributed by atoms with E-state index in [4.69, 9.17) is 4.74 Å². The van der Waals surface area contributed by atoms with Gasteiger partial charge in [0.1, 0.15) is 13.2 Å². The van der Waals surface area contributed by atoms with E-state index in [2.05, 4.69) is 27.4 Å². The molecule has 0 aromatic rings. The van der Waals surface area contributed by atoms with Gasteiger partial charge in [-0.25, -0.2) is 4.79 Å². The molecule has 1 unspecified atom stereocenters. The number of hydrogen-bond donors (Lipinski definition) is 0. The van der Waals surface area contributed by atoms with Crippen molar-refractivity contribution in [1.82, 2.24) is 0 Å². The monoisotopic (exact) mass is 438 g/mol. The highest BCUT2D eigenvalue weighted by Crippen LogP contribution is 2.18. The average molecular weight is 439 g/mol. The maximum Gasteiger partial charge on any atom is 0.333 e. The Morgan fingerprint density at radius 3 is 1.42 bits per heavy atom. The smallest absolute Gasteiger partial charge is 0.333 e. The Hall–Kier alpha value is -0.830. The van der Waals surface area contributed by atoms with Gasteiger partial charge in [-0.3, -0.25) is 0 Å². The second-order valence-corrected chi connectivity index (χ2v) is 9.75. The first kappa shape index (κ1) is 30.2. The van der Waals surface area contributed by atoms with Crippen LogP contribution in [0.5, 0.6) is 0 Å². The summed E-state index contributed by atoms with van der Waals surface area (Å²) in [5, 5.41) is 0. The van der Waals surface area contributed by atoms with E-state index < -0.39 is 0 Å². The summed E-state index contributed by atoms with van der Waals surface area (Å²) in [6, 6.07) is 0. The van der Waals surface area contributed by atoms with Crippen molar-refractivity contribution in [3.63, 3.8) is 0 Å². The first-order valence-corrected chi connectivity index (χ1v) is 13.7. The van der Waals surface area contributed by atoms with Gasteiger partial charge >= 0.3 is 5.97 Å². The molecule has 0 N–H and O–H groups in total. The van der Waals surface area contributed by atoms with Crippen molar-refractivity contribution in [2.45, 2.75) is 130 Å². The molecule has 0 aromatic heterocycles. The number of carbonyl (C=O) groups is 1. The van der Waals surface area contributed by atoms with Crippen molar-refractivity contribution < 1.29 is 14.0 Å². The molecular formula is C28H56NO2+. The van der Waals surface area contributed by atoms with E-state index in [0.717, 1.165) is 11.0 Å². The zero-order chi connectivity index (χ0) is 23.2. The van der Waals surface area contributed by atoms with Crippen molar-refractivity contribution in [3.8, 4) is 0 Å². The molecule has 0 spiro atoms. The Balaban J connectivity index is 4.66. The minimum absolute atomic E-state index is 0.236. The van der Waals surface area contributed by atoms with Crippen LogP contribution in [0.2, 0.25) is 0 Å². The summed E-state index contributed by atoms with van der Waals surface area (Å²) in [5.41, 5.74) is 0.505. The van der Waals surface area contributed by atoms with Gasteiger partial charge in [0.2, 0.25) is 0 Å². The highest BCUT2D eigenvalue weighted by Gasteiger charge is 2.26. The minimum Gasteiger partial charge on any atom is -0.456 e. The summed E-state index contributed by atoms with van der Waals surface area (Å²) in [5.74, 6) is -0.236. The number of unbranched alkanes of at least 4 members (excludes halogenated alkanes) is 13. The molecular weight excluding hydrogens is 382 g/mol. The highest BCUT2D eigenvalue weighted by atomic mass is 16.5. The molecule has 0 aromatic carbocycles. The Kier molecular flexibility index (Phi) is 20.5. The predicted molar refractivity (Wildman–Crippen MR) is 136 cm³/mol. The Morgan fingerprint density at radius 2 is 1.00 bits per heavy atom. The molecule has 0 saturated carbocycles. The second kappa shape index (κ2) is 21.0. The third kappa shape index (κ3) is 17.4. The lowest BCUT2D eigenvalue weighted by molar-refractivity contribution is -0.929. The summed E-state index contributed by atoms with van der Waals surface area (Å²) < 4.78 is 6.67. The second-order valence-electron chi connectivity index (χ2n) is 9.75. The van der Waals surface area contributed by atoms with Crippen molar-refractivity contribution >= 4 is 5.97 Å². The number of carbonyl (C=O) groups excluding carboxylic acids is 1. The van der Waals surface area contributed by atoms with Crippen LogP contribution >= 0.6 is 0 Å². The van der Waals surface area contributed by atoms with E-state index in [1.54, 1.807) is 6.92 Å². The fourth-order valence-electron chi connectivity index (χ4n) is 4.43. The Labute approximate surface area is 195 Å². The zero-order valence-corrected chi connectivity index (χ0v) is 21.8. The minimum atomic E-state index is -0.236. The number of hydrogen-bond acceptors (Lipinski definition) is 2. The van der Waals surface area contributed by atoms with Crippen LogP contribution in [-0.2, 0) is 9.53 Å². The SMILES string of the molecule is C=C(C)C(=O)OCC[N+](CCCC)(CCCCCCCC)CCCCCCCCCC. The fourth-order valence-corrected chi connectivity index (χ4v) is 4.43. The lowest BCUT2D eigenvalue weighted by Crippen LogP contribution is -2.52. The van der Waals surface area contributed by atoms with Crippen LogP contribution in [0.4, 0.5) is 0 Å². The van der Waals surface area contributed by atoms with Gasteiger partial charge < -0.3 is 9.22 Å². The van der Waals surface area contributed by atoms with Gasteiger partial charge in [-0.15, -0.1) is 0 Å². The average Bonchev–Trinajstić information content (AvgIpc) is 2.76. The molecule has 3 heteroatoms. The van der Waals surface area contributed by atoms with Crippen molar-refractivity contribution in [2.75, 3.05) is 32.8 Å². The van der Waals surface area contributed by atoms with E-state index in [9.17, 15) is 4.79 Å². The van der Waals surface area contributed by atoms with E-state index in [1.165, 1.54) is 122 Å². The van der Waals surface area contributed by atoms with Crippen LogP contribution in [0.1, 0.15) is 130 Å². The number of rotatable bonds is 23. The molecule has 0 aliphatic rings. The largest absolute Gasteiger partial charge is 0.456 e. The lowest BCUT2D eigenvalue weighted by Gasteiger charge is -2.39. The number of quaternary nitrogens is 1. The van der Waals surface area contributed by atoms with E-state index >= 15 is 0 Å². The molecule has 0 aliphatic carbocycles. The molecule has 0 fully saturated rings. The molecule has 3 nitrogen and oxygen atoms in total. The molecule has 0 bridgehead atoms. The Morgan fingerprint density at radius 1 is 0.613 bits per heavy atom. The zero-order valence-electron chi connectivity index (χ0n) is 21.8. The number of esters is 1. The quantitative estimate of drug-likeness (QED) is 0.0695. The summed E-state index contributed by atoms with van der Waals surface area (Å²) in [6.45, 7) is 17.5. The lowest BCUT2D eigenvalue weighted by atomic mass is 10.1.